The molecule has 0 saturated carbocycles. The zero-order valence-electron chi connectivity index (χ0n) is 12.3. The third kappa shape index (κ3) is 4.81. The zero-order chi connectivity index (χ0) is 16.7. The Labute approximate surface area is 133 Å². The van der Waals surface area contributed by atoms with E-state index in [2.05, 4.69) is 20.3 Å². The van der Waals surface area contributed by atoms with Gasteiger partial charge in [-0.25, -0.2) is 4.99 Å². The number of pyridine rings is 1. The lowest BCUT2D eigenvalue weighted by atomic mass is 10.1. The van der Waals surface area contributed by atoms with Crippen LogP contribution in [-0.4, -0.2) is 22.8 Å². The third-order valence-electron chi connectivity index (χ3n) is 2.78. The van der Waals surface area contributed by atoms with E-state index in [1.54, 1.807) is 30.5 Å². The van der Waals surface area contributed by atoms with E-state index in [-0.39, 0.29) is 17.8 Å². The fraction of sp³-hybridized carbons (Fsp3) is 0.0667. The van der Waals surface area contributed by atoms with Gasteiger partial charge in [0.1, 0.15) is 0 Å². The summed E-state index contributed by atoms with van der Waals surface area (Å²) in [7, 11) is 0. The van der Waals surface area contributed by atoms with Crippen LogP contribution in [0.5, 0.6) is 0 Å². The van der Waals surface area contributed by atoms with Crippen molar-refractivity contribution in [1.29, 1.82) is 0 Å². The van der Waals surface area contributed by atoms with Gasteiger partial charge in [0.25, 0.3) is 5.91 Å². The molecule has 0 aliphatic rings. The molecule has 1 heterocycles. The van der Waals surface area contributed by atoms with E-state index in [0.717, 1.165) is 5.69 Å². The third-order valence-corrected chi connectivity index (χ3v) is 2.78. The second-order valence-corrected chi connectivity index (χ2v) is 4.53. The molecular formula is C15H17N7O. The molecule has 1 aromatic heterocycles. The molecule has 8 nitrogen and oxygen atoms in total. The Hall–Kier alpha value is -3.42. The maximum Gasteiger partial charge on any atom is 0.253 e. The quantitative estimate of drug-likeness (QED) is 0.472. The summed E-state index contributed by atoms with van der Waals surface area (Å²) in [4.78, 5) is 24.1. The number of carbonyl (C=O) groups excluding carboxylic acids is 1. The number of nitrogens with two attached hydrogens (primary N) is 3. The van der Waals surface area contributed by atoms with Crippen molar-refractivity contribution in [2.45, 2.75) is 6.54 Å². The SMILES string of the molecule is NC(N)=NC(N)=Nc1ccccc1C(=O)NCc1ccccn1. The smallest absolute Gasteiger partial charge is 0.253 e. The minimum absolute atomic E-state index is 0.130. The number of aliphatic imine (C=N–C) groups is 2. The first kappa shape index (κ1) is 16.0. The van der Waals surface area contributed by atoms with Crippen LogP contribution >= 0.6 is 0 Å². The Kier molecular flexibility index (Phi) is 5.24. The Morgan fingerprint density at radius 1 is 1.09 bits per heavy atom. The van der Waals surface area contributed by atoms with Crippen molar-refractivity contribution in [1.82, 2.24) is 10.3 Å². The summed E-state index contributed by atoms with van der Waals surface area (Å²) in [6, 6.07) is 12.2. The summed E-state index contributed by atoms with van der Waals surface area (Å²) in [6.07, 6.45) is 1.66. The van der Waals surface area contributed by atoms with E-state index >= 15 is 0 Å². The molecule has 23 heavy (non-hydrogen) atoms. The van der Waals surface area contributed by atoms with E-state index < -0.39 is 0 Å². The predicted molar refractivity (Wildman–Crippen MR) is 88.9 cm³/mol. The number of amides is 1. The van der Waals surface area contributed by atoms with Gasteiger partial charge in [0.05, 0.1) is 23.5 Å². The number of guanidine groups is 2. The van der Waals surface area contributed by atoms with Crippen LogP contribution in [0.2, 0.25) is 0 Å². The van der Waals surface area contributed by atoms with Gasteiger partial charge in [-0.2, -0.15) is 4.99 Å². The van der Waals surface area contributed by atoms with Crippen molar-refractivity contribution < 1.29 is 4.79 Å². The van der Waals surface area contributed by atoms with Crippen molar-refractivity contribution in [2.24, 2.45) is 27.2 Å². The lowest BCUT2D eigenvalue weighted by Crippen LogP contribution is -2.26. The Bertz CT molecular complexity index is 737. The van der Waals surface area contributed by atoms with Crippen molar-refractivity contribution in [3.63, 3.8) is 0 Å². The fourth-order valence-corrected chi connectivity index (χ4v) is 1.81. The van der Waals surface area contributed by atoms with Crippen molar-refractivity contribution in [2.75, 3.05) is 0 Å². The van der Waals surface area contributed by atoms with Gasteiger partial charge in [-0.1, -0.05) is 18.2 Å². The average molecular weight is 311 g/mol. The van der Waals surface area contributed by atoms with E-state index in [1.807, 2.05) is 18.2 Å². The Morgan fingerprint density at radius 2 is 1.83 bits per heavy atom. The summed E-state index contributed by atoms with van der Waals surface area (Å²) in [5, 5.41) is 2.77. The highest BCUT2D eigenvalue weighted by molar-refractivity contribution is 6.01. The van der Waals surface area contributed by atoms with Crippen LogP contribution in [0.3, 0.4) is 0 Å². The fourth-order valence-electron chi connectivity index (χ4n) is 1.81. The zero-order valence-corrected chi connectivity index (χ0v) is 12.3. The molecular weight excluding hydrogens is 294 g/mol. The number of nitrogens with one attached hydrogen (secondary N) is 1. The highest BCUT2D eigenvalue weighted by Gasteiger charge is 2.10. The molecule has 8 heteroatoms. The normalized spacial score (nSPS) is 10.9. The highest BCUT2D eigenvalue weighted by atomic mass is 16.1. The van der Waals surface area contributed by atoms with E-state index in [0.29, 0.717) is 17.8 Å². The molecule has 1 amide bonds. The van der Waals surface area contributed by atoms with Crippen molar-refractivity contribution in [3.05, 3.63) is 59.9 Å². The Balaban J connectivity index is 2.16. The number of carbonyl (C=O) groups is 1. The first-order valence-electron chi connectivity index (χ1n) is 6.77. The lowest BCUT2D eigenvalue weighted by molar-refractivity contribution is 0.0951. The van der Waals surface area contributed by atoms with Gasteiger partial charge in [-0.05, 0) is 24.3 Å². The minimum Gasteiger partial charge on any atom is -0.370 e. The molecule has 118 valence electrons. The first-order chi connectivity index (χ1) is 11.1. The summed E-state index contributed by atoms with van der Waals surface area (Å²) < 4.78 is 0. The molecule has 0 aliphatic carbocycles. The number of hydrogen-bond acceptors (Lipinski definition) is 3. The topological polar surface area (TPSA) is 145 Å². The molecule has 0 spiro atoms. The number of rotatable bonds is 4. The molecule has 7 N–H and O–H groups in total. The number of aromatic nitrogens is 1. The molecule has 0 aliphatic heterocycles. The lowest BCUT2D eigenvalue weighted by Gasteiger charge is -2.07. The van der Waals surface area contributed by atoms with E-state index in [1.165, 1.54) is 0 Å². The van der Waals surface area contributed by atoms with Gasteiger partial charge < -0.3 is 22.5 Å². The summed E-state index contributed by atoms with van der Waals surface area (Å²) in [5.74, 6) is -0.634. The second kappa shape index (κ2) is 7.55. The van der Waals surface area contributed by atoms with Crippen LogP contribution in [0.25, 0.3) is 0 Å². The first-order valence-corrected chi connectivity index (χ1v) is 6.77. The van der Waals surface area contributed by atoms with Crippen LogP contribution < -0.4 is 22.5 Å². The molecule has 0 bridgehead atoms. The number of hydrogen-bond donors (Lipinski definition) is 4. The maximum absolute atomic E-state index is 12.3. The van der Waals surface area contributed by atoms with Crippen molar-refractivity contribution >= 4 is 23.5 Å². The Morgan fingerprint density at radius 3 is 2.52 bits per heavy atom. The number of nitrogens with zero attached hydrogens (tertiary/aromatic N) is 3. The predicted octanol–water partition coefficient (Wildman–Crippen LogP) is 0.231. The summed E-state index contributed by atoms with van der Waals surface area (Å²) in [6.45, 7) is 0.307. The number of para-hydroxylation sites is 1. The highest BCUT2D eigenvalue weighted by Crippen LogP contribution is 2.18. The standard InChI is InChI=1S/C15H17N7O/c16-14(17)22-15(18)21-12-7-2-1-6-11(12)13(23)20-9-10-5-3-4-8-19-10/h1-8H,9H2,(H,20,23)(H6,16,17,18,21,22). The van der Waals surface area contributed by atoms with Crippen LogP contribution in [0, 0.1) is 0 Å². The summed E-state index contributed by atoms with van der Waals surface area (Å²) in [5.41, 5.74) is 17.6. The molecule has 0 saturated heterocycles. The molecule has 0 unspecified atom stereocenters. The van der Waals surface area contributed by atoms with Gasteiger partial charge in [0.2, 0.25) is 5.96 Å². The van der Waals surface area contributed by atoms with Crippen LogP contribution in [0.1, 0.15) is 16.1 Å². The molecule has 2 aromatic rings. The van der Waals surface area contributed by atoms with Crippen LogP contribution in [0.4, 0.5) is 5.69 Å². The van der Waals surface area contributed by atoms with Crippen molar-refractivity contribution in [3.8, 4) is 0 Å². The molecule has 0 fully saturated rings. The molecule has 1 aromatic carbocycles. The van der Waals surface area contributed by atoms with Gasteiger partial charge >= 0.3 is 0 Å². The largest absolute Gasteiger partial charge is 0.370 e. The van der Waals surface area contributed by atoms with E-state index in [4.69, 9.17) is 17.2 Å². The average Bonchev–Trinajstić information content (AvgIpc) is 2.53. The second-order valence-electron chi connectivity index (χ2n) is 4.53. The van der Waals surface area contributed by atoms with Gasteiger partial charge in [-0.3, -0.25) is 9.78 Å². The van der Waals surface area contributed by atoms with Crippen LogP contribution in [0.15, 0.2) is 58.6 Å². The molecule has 0 atom stereocenters. The molecule has 0 radical (unpaired) electrons. The van der Waals surface area contributed by atoms with Crippen LogP contribution in [-0.2, 0) is 6.54 Å². The monoisotopic (exact) mass is 311 g/mol. The van der Waals surface area contributed by atoms with Gasteiger partial charge in [-0.15, -0.1) is 0 Å². The summed E-state index contributed by atoms with van der Waals surface area (Å²) >= 11 is 0. The minimum atomic E-state index is -0.299. The maximum atomic E-state index is 12.3. The number of benzene rings is 1. The van der Waals surface area contributed by atoms with Gasteiger partial charge in [0, 0.05) is 6.20 Å². The van der Waals surface area contributed by atoms with Gasteiger partial charge in [0.15, 0.2) is 5.96 Å². The molecule has 2 rings (SSSR count). The van der Waals surface area contributed by atoms with E-state index in [9.17, 15) is 4.79 Å².